The average molecular weight is 224 g/mol. The van der Waals surface area contributed by atoms with Crippen LogP contribution in [-0.2, 0) is 0 Å². The van der Waals surface area contributed by atoms with Crippen LogP contribution in [0, 0.1) is 0 Å². The van der Waals surface area contributed by atoms with Gasteiger partial charge in [0.05, 0.1) is 5.56 Å². The molecule has 0 unspecified atom stereocenters. The first-order valence-corrected chi connectivity index (χ1v) is 4.26. The Morgan fingerprint density at radius 1 is 1.14 bits per heavy atom. The maximum absolute atomic E-state index is 12.0. The van der Waals surface area contributed by atoms with Gasteiger partial charge in [0.15, 0.2) is 0 Å². The zero-order chi connectivity index (χ0) is 10.8. The van der Waals surface area contributed by atoms with Crippen LogP contribution in [0.25, 0.3) is 0 Å². The first kappa shape index (κ1) is 11.0. The number of carbonyl (C=O) groups excluding carboxylic acids is 1. The van der Waals surface area contributed by atoms with Crippen molar-refractivity contribution in [2.75, 3.05) is 0 Å². The Kier molecular flexibility index (Phi) is 3.15. The second-order valence-electron chi connectivity index (χ2n) is 2.35. The summed E-state index contributed by atoms with van der Waals surface area (Å²) in [6.07, 6.45) is 0. The van der Waals surface area contributed by atoms with E-state index in [0.29, 0.717) is 0 Å². The predicted molar refractivity (Wildman–Crippen MR) is 43.8 cm³/mol. The molecule has 76 valence electrons. The van der Waals surface area contributed by atoms with Crippen molar-refractivity contribution in [2.24, 2.45) is 0 Å². The van der Waals surface area contributed by atoms with Crippen LogP contribution in [0.3, 0.4) is 0 Å². The molecule has 0 aliphatic heterocycles. The van der Waals surface area contributed by atoms with E-state index in [-0.39, 0.29) is 22.2 Å². The van der Waals surface area contributed by atoms with Gasteiger partial charge in [-0.3, -0.25) is 4.79 Å². The van der Waals surface area contributed by atoms with Gasteiger partial charge in [0.1, 0.15) is 0 Å². The molecule has 1 aromatic rings. The molecule has 1 rings (SSSR count). The SMILES string of the molecule is O=C(F)c1ccc(SC(F)(F)F)cc1. The Hall–Kier alpha value is -1.04. The van der Waals surface area contributed by atoms with E-state index in [2.05, 4.69) is 0 Å². The van der Waals surface area contributed by atoms with Crippen LogP contribution in [0.15, 0.2) is 29.2 Å². The van der Waals surface area contributed by atoms with Gasteiger partial charge in [0.25, 0.3) is 0 Å². The van der Waals surface area contributed by atoms with E-state index in [1.165, 1.54) is 0 Å². The topological polar surface area (TPSA) is 17.1 Å². The summed E-state index contributed by atoms with van der Waals surface area (Å²) in [6.45, 7) is 0. The molecule has 0 saturated heterocycles. The minimum absolute atomic E-state index is 0.0810. The third-order valence-electron chi connectivity index (χ3n) is 1.31. The van der Waals surface area contributed by atoms with Gasteiger partial charge in [-0.2, -0.15) is 17.6 Å². The van der Waals surface area contributed by atoms with Gasteiger partial charge in [-0.05, 0) is 36.0 Å². The lowest BCUT2D eigenvalue weighted by atomic mass is 10.2. The van der Waals surface area contributed by atoms with Crippen molar-refractivity contribution in [3.8, 4) is 0 Å². The molecule has 1 nitrogen and oxygen atoms in total. The molecule has 0 amide bonds. The fourth-order valence-corrected chi connectivity index (χ4v) is 1.33. The lowest BCUT2D eigenvalue weighted by molar-refractivity contribution is -0.0328. The largest absolute Gasteiger partial charge is 0.446 e. The van der Waals surface area contributed by atoms with E-state index in [4.69, 9.17) is 0 Å². The second kappa shape index (κ2) is 4.00. The average Bonchev–Trinajstić information content (AvgIpc) is 2.02. The van der Waals surface area contributed by atoms with Gasteiger partial charge in [0, 0.05) is 4.90 Å². The molecule has 0 bridgehead atoms. The van der Waals surface area contributed by atoms with E-state index in [1.54, 1.807) is 0 Å². The minimum Gasteiger partial charge on any atom is -0.255 e. The van der Waals surface area contributed by atoms with Crippen molar-refractivity contribution in [1.82, 2.24) is 0 Å². The van der Waals surface area contributed by atoms with Crippen LogP contribution in [0.2, 0.25) is 0 Å². The Balaban J connectivity index is 2.79. The van der Waals surface area contributed by atoms with Crippen molar-refractivity contribution >= 4 is 17.8 Å². The molecule has 0 aliphatic carbocycles. The number of halogens is 4. The molecule has 14 heavy (non-hydrogen) atoms. The van der Waals surface area contributed by atoms with Gasteiger partial charge < -0.3 is 0 Å². The highest BCUT2D eigenvalue weighted by molar-refractivity contribution is 8.00. The highest BCUT2D eigenvalue weighted by Gasteiger charge is 2.29. The molecule has 6 heteroatoms. The number of thioether (sulfide) groups is 1. The third kappa shape index (κ3) is 3.37. The van der Waals surface area contributed by atoms with Gasteiger partial charge >= 0.3 is 11.5 Å². The maximum Gasteiger partial charge on any atom is 0.446 e. The maximum atomic E-state index is 12.0. The normalized spacial score (nSPS) is 11.4. The molecule has 0 radical (unpaired) electrons. The van der Waals surface area contributed by atoms with Crippen molar-refractivity contribution in [1.29, 1.82) is 0 Å². The minimum atomic E-state index is -4.37. The molecule has 0 aliphatic rings. The molecule has 0 N–H and O–H groups in total. The molecular weight excluding hydrogens is 220 g/mol. The number of rotatable bonds is 2. The fourth-order valence-electron chi connectivity index (χ4n) is 0.788. The molecule has 0 aromatic heterocycles. The molecule has 0 spiro atoms. The van der Waals surface area contributed by atoms with Crippen LogP contribution in [0.4, 0.5) is 17.6 Å². The summed E-state index contributed by atoms with van der Waals surface area (Å²) in [6, 6.07) is 2.46. The summed E-state index contributed by atoms with van der Waals surface area (Å²) in [5.74, 6) is 0. The highest BCUT2D eigenvalue weighted by Crippen LogP contribution is 2.36. The zero-order valence-electron chi connectivity index (χ0n) is 6.64. The summed E-state index contributed by atoms with van der Waals surface area (Å²) in [4.78, 5) is 10.1. The van der Waals surface area contributed by atoms with E-state index in [0.717, 1.165) is 24.3 Å². The zero-order valence-corrected chi connectivity index (χ0v) is 7.45. The third-order valence-corrected chi connectivity index (χ3v) is 2.05. The van der Waals surface area contributed by atoms with Crippen molar-refractivity contribution in [3.05, 3.63) is 29.8 Å². The number of benzene rings is 1. The van der Waals surface area contributed by atoms with E-state index < -0.39 is 11.5 Å². The number of alkyl halides is 3. The van der Waals surface area contributed by atoms with Crippen LogP contribution >= 0.6 is 11.8 Å². The Labute approximate surface area is 81.1 Å². The summed E-state index contributed by atoms with van der Waals surface area (Å²) in [7, 11) is 0. The van der Waals surface area contributed by atoms with Gasteiger partial charge in [-0.15, -0.1) is 0 Å². The summed E-state index contributed by atoms with van der Waals surface area (Å²) in [5.41, 5.74) is -4.63. The van der Waals surface area contributed by atoms with E-state index >= 15 is 0 Å². The lowest BCUT2D eigenvalue weighted by Crippen LogP contribution is -1.99. The Morgan fingerprint density at radius 2 is 1.64 bits per heavy atom. The summed E-state index contributed by atoms with van der Waals surface area (Å²) < 4.78 is 47.5. The van der Waals surface area contributed by atoms with Crippen LogP contribution < -0.4 is 0 Å². The van der Waals surface area contributed by atoms with Gasteiger partial charge in [-0.25, -0.2) is 0 Å². The van der Waals surface area contributed by atoms with Crippen molar-refractivity contribution in [3.63, 3.8) is 0 Å². The molecule has 0 fully saturated rings. The van der Waals surface area contributed by atoms with Crippen molar-refractivity contribution in [2.45, 2.75) is 10.4 Å². The van der Waals surface area contributed by atoms with Gasteiger partial charge in [-0.1, -0.05) is 0 Å². The van der Waals surface area contributed by atoms with Crippen LogP contribution in [0.5, 0.6) is 0 Å². The first-order valence-electron chi connectivity index (χ1n) is 3.44. The monoisotopic (exact) mass is 224 g/mol. The van der Waals surface area contributed by atoms with E-state index in [1.807, 2.05) is 0 Å². The Morgan fingerprint density at radius 3 is 2.00 bits per heavy atom. The number of carbonyl (C=O) groups is 1. The molecule has 0 heterocycles. The molecule has 0 saturated carbocycles. The van der Waals surface area contributed by atoms with E-state index in [9.17, 15) is 22.4 Å². The molecule has 0 atom stereocenters. The first-order chi connectivity index (χ1) is 6.38. The van der Waals surface area contributed by atoms with Crippen molar-refractivity contribution < 1.29 is 22.4 Å². The Bertz CT molecular complexity index is 330. The van der Waals surface area contributed by atoms with Gasteiger partial charge in [0.2, 0.25) is 0 Å². The molecular formula is C8H4F4OS. The number of hydrogen-bond acceptors (Lipinski definition) is 2. The predicted octanol–water partition coefficient (Wildman–Crippen LogP) is 3.41. The summed E-state index contributed by atoms with van der Waals surface area (Å²) in [5, 5.41) is 0. The highest BCUT2D eigenvalue weighted by atomic mass is 32.2. The number of hydrogen-bond donors (Lipinski definition) is 0. The molecule has 1 aromatic carbocycles. The smallest absolute Gasteiger partial charge is 0.255 e. The van der Waals surface area contributed by atoms with Crippen LogP contribution in [0.1, 0.15) is 10.4 Å². The second-order valence-corrected chi connectivity index (χ2v) is 3.48. The van der Waals surface area contributed by atoms with Crippen LogP contribution in [-0.4, -0.2) is 11.5 Å². The standard InChI is InChI=1S/C8H4F4OS/c9-7(13)5-1-3-6(4-2-5)14-8(10,11)12/h1-4H. The lowest BCUT2D eigenvalue weighted by Gasteiger charge is -2.04. The summed E-state index contributed by atoms with van der Waals surface area (Å²) >= 11 is -0.313. The fraction of sp³-hybridized carbons (Fsp3) is 0.125. The quantitative estimate of drug-likeness (QED) is 0.435.